The molecule has 3 aromatic rings. The first-order valence-corrected chi connectivity index (χ1v) is 5.39. The molecular formula is C12H14N4. The molecule has 0 saturated heterocycles. The highest BCUT2D eigenvalue weighted by molar-refractivity contribution is 5.76. The highest BCUT2D eigenvalue weighted by Gasteiger charge is 2.17. The molecule has 0 bridgehead atoms. The van der Waals surface area contributed by atoms with Crippen molar-refractivity contribution in [2.75, 3.05) is 0 Å². The van der Waals surface area contributed by atoms with Gasteiger partial charge < -0.3 is 0 Å². The van der Waals surface area contributed by atoms with Crippen LogP contribution in [0.5, 0.6) is 0 Å². The average Bonchev–Trinajstić information content (AvgIpc) is 2.72. The third-order valence-corrected chi connectivity index (χ3v) is 2.68. The molecule has 0 aliphatic heterocycles. The summed E-state index contributed by atoms with van der Waals surface area (Å²) in [5.41, 5.74) is 2.81. The Hall–Kier alpha value is -1.84. The molecule has 0 N–H and O–H groups in total. The maximum Gasteiger partial charge on any atom is 0.200 e. The van der Waals surface area contributed by atoms with Gasteiger partial charge in [0.2, 0.25) is 0 Å². The molecule has 0 unspecified atom stereocenters. The van der Waals surface area contributed by atoms with E-state index in [1.165, 1.54) is 0 Å². The van der Waals surface area contributed by atoms with Gasteiger partial charge >= 0.3 is 0 Å². The van der Waals surface area contributed by atoms with E-state index in [1.807, 2.05) is 29.1 Å². The number of imidazole rings is 1. The Morgan fingerprint density at radius 3 is 2.75 bits per heavy atom. The van der Waals surface area contributed by atoms with Crippen LogP contribution in [0.3, 0.4) is 0 Å². The van der Waals surface area contributed by atoms with E-state index in [0.29, 0.717) is 0 Å². The van der Waals surface area contributed by atoms with E-state index in [2.05, 4.69) is 41.5 Å². The lowest BCUT2D eigenvalue weighted by atomic mass is 10.1. The van der Waals surface area contributed by atoms with E-state index in [-0.39, 0.29) is 5.54 Å². The number of hydrogen-bond acceptors (Lipinski definition) is 2. The van der Waals surface area contributed by atoms with Gasteiger partial charge in [-0.25, -0.2) is 4.98 Å². The van der Waals surface area contributed by atoms with Gasteiger partial charge in [-0.3, -0.25) is 9.08 Å². The van der Waals surface area contributed by atoms with Gasteiger partial charge in [0.25, 0.3) is 0 Å². The van der Waals surface area contributed by atoms with Crippen molar-refractivity contribution >= 4 is 16.8 Å². The zero-order valence-corrected chi connectivity index (χ0v) is 9.68. The second kappa shape index (κ2) is 2.84. The highest BCUT2D eigenvalue weighted by Crippen LogP contribution is 2.19. The maximum atomic E-state index is 4.51. The van der Waals surface area contributed by atoms with Crippen LogP contribution in [0.2, 0.25) is 0 Å². The summed E-state index contributed by atoms with van der Waals surface area (Å²) in [6.07, 6.45) is 4.06. The molecule has 82 valence electrons. The summed E-state index contributed by atoms with van der Waals surface area (Å²) in [4.78, 5) is 4.48. The summed E-state index contributed by atoms with van der Waals surface area (Å²) in [7, 11) is 0. The average molecular weight is 214 g/mol. The van der Waals surface area contributed by atoms with Gasteiger partial charge in [-0.1, -0.05) is 6.07 Å². The summed E-state index contributed by atoms with van der Waals surface area (Å²) in [6.45, 7) is 6.39. The van der Waals surface area contributed by atoms with Gasteiger partial charge in [-0.2, -0.15) is 5.10 Å². The van der Waals surface area contributed by atoms with Crippen LogP contribution in [0.4, 0.5) is 0 Å². The number of hydrogen-bond donors (Lipinski definition) is 0. The van der Waals surface area contributed by atoms with Crippen molar-refractivity contribution in [3.63, 3.8) is 0 Å². The van der Waals surface area contributed by atoms with Crippen LogP contribution in [-0.2, 0) is 5.54 Å². The molecule has 16 heavy (non-hydrogen) atoms. The van der Waals surface area contributed by atoms with E-state index in [1.54, 1.807) is 0 Å². The maximum absolute atomic E-state index is 4.51. The fraction of sp³-hybridized carbons (Fsp3) is 0.333. The summed E-state index contributed by atoms with van der Waals surface area (Å²) < 4.78 is 4.02. The standard InChI is InChI=1S/C12H14N4/c1-12(2,3)16-8-9-11(14-16)13-10-6-4-5-7-15(9)10/h4-8H,1-3H3. The molecule has 4 heteroatoms. The number of fused-ring (bicyclic) bond motifs is 3. The van der Waals surface area contributed by atoms with Gasteiger partial charge in [0.05, 0.1) is 11.7 Å². The topological polar surface area (TPSA) is 35.1 Å². The minimum absolute atomic E-state index is 0.00460. The van der Waals surface area contributed by atoms with Crippen molar-refractivity contribution in [1.82, 2.24) is 19.2 Å². The lowest BCUT2D eigenvalue weighted by Crippen LogP contribution is -2.22. The zero-order valence-electron chi connectivity index (χ0n) is 9.68. The first-order chi connectivity index (χ1) is 7.55. The molecule has 0 amide bonds. The van der Waals surface area contributed by atoms with Gasteiger partial charge in [0.1, 0.15) is 11.2 Å². The molecule has 0 atom stereocenters. The SMILES string of the molecule is CC(C)(C)n1cc2c(nc3ccccn32)n1. The number of aromatic nitrogens is 4. The number of nitrogens with zero attached hydrogens (tertiary/aromatic N) is 4. The van der Waals surface area contributed by atoms with Crippen molar-refractivity contribution in [3.05, 3.63) is 30.6 Å². The van der Waals surface area contributed by atoms with Crippen LogP contribution >= 0.6 is 0 Å². The lowest BCUT2D eigenvalue weighted by Gasteiger charge is -2.18. The second-order valence-electron chi connectivity index (χ2n) is 4.99. The summed E-state index contributed by atoms with van der Waals surface area (Å²) >= 11 is 0. The molecular weight excluding hydrogens is 200 g/mol. The minimum atomic E-state index is -0.00460. The molecule has 0 spiro atoms. The third-order valence-electron chi connectivity index (χ3n) is 2.68. The van der Waals surface area contributed by atoms with E-state index in [4.69, 9.17) is 0 Å². The lowest BCUT2D eigenvalue weighted by molar-refractivity contribution is 0.357. The quantitative estimate of drug-likeness (QED) is 0.576. The smallest absolute Gasteiger partial charge is 0.200 e. The molecule has 0 saturated carbocycles. The predicted molar refractivity (Wildman–Crippen MR) is 63.5 cm³/mol. The molecule has 0 aliphatic rings. The van der Waals surface area contributed by atoms with Gasteiger partial charge in [0.15, 0.2) is 5.65 Å². The highest BCUT2D eigenvalue weighted by atomic mass is 15.3. The molecule has 0 fully saturated rings. The monoisotopic (exact) mass is 214 g/mol. The predicted octanol–water partition coefficient (Wildman–Crippen LogP) is 2.44. The minimum Gasteiger partial charge on any atom is -0.297 e. The van der Waals surface area contributed by atoms with Crippen molar-refractivity contribution in [1.29, 1.82) is 0 Å². The first kappa shape index (κ1) is 9.39. The summed E-state index contributed by atoms with van der Waals surface area (Å²) in [5.74, 6) is 0. The number of pyridine rings is 1. The summed E-state index contributed by atoms with van der Waals surface area (Å²) in [5, 5.41) is 4.51. The Morgan fingerprint density at radius 1 is 1.19 bits per heavy atom. The van der Waals surface area contributed by atoms with Crippen LogP contribution in [-0.4, -0.2) is 19.2 Å². The fourth-order valence-corrected chi connectivity index (χ4v) is 1.79. The first-order valence-electron chi connectivity index (χ1n) is 5.39. The van der Waals surface area contributed by atoms with Crippen molar-refractivity contribution in [3.8, 4) is 0 Å². The fourth-order valence-electron chi connectivity index (χ4n) is 1.79. The van der Waals surface area contributed by atoms with Crippen molar-refractivity contribution < 1.29 is 0 Å². The normalized spacial score (nSPS) is 12.7. The van der Waals surface area contributed by atoms with E-state index in [9.17, 15) is 0 Å². The van der Waals surface area contributed by atoms with E-state index in [0.717, 1.165) is 16.8 Å². The van der Waals surface area contributed by atoms with E-state index >= 15 is 0 Å². The Kier molecular flexibility index (Phi) is 1.67. The Balaban J connectivity index is 2.35. The van der Waals surface area contributed by atoms with Crippen LogP contribution < -0.4 is 0 Å². The van der Waals surface area contributed by atoms with Gasteiger partial charge in [-0.05, 0) is 32.9 Å². The third kappa shape index (κ3) is 1.23. The molecule has 4 nitrogen and oxygen atoms in total. The van der Waals surface area contributed by atoms with Crippen molar-refractivity contribution in [2.24, 2.45) is 0 Å². The van der Waals surface area contributed by atoms with Crippen molar-refractivity contribution in [2.45, 2.75) is 26.3 Å². The molecule has 0 aromatic carbocycles. The Morgan fingerprint density at radius 2 is 2.00 bits per heavy atom. The van der Waals surface area contributed by atoms with Crippen LogP contribution in [0.15, 0.2) is 30.6 Å². The molecule has 3 aromatic heterocycles. The van der Waals surface area contributed by atoms with E-state index < -0.39 is 0 Å². The van der Waals surface area contributed by atoms with Crippen LogP contribution in [0.1, 0.15) is 20.8 Å². The summed E-state index contributed by atoms with van der Waals surface area (Å²) in [6, 6.07) is 5.98. The molecule has 0 radical (unpaired) electrons. The zero-order chi connectivity index (χ0) is 11.3. The Bertz CT molecular complexity index is 654. The van der Waals surface area contributed by atoms with Crippen LogP contribution in [0, 0.1) is 0 Å². The number of rotatable bonds is 0. The largest absolute Gasteiger partial charge is 0.297 e. The van der Waals surface area contributed by atoms with Gasteiger partial charge in [0, 0.05) is 6.20 Å². The molecule has 3 heterocycles. The Labute approximate surface area is 93.5 Å². The molecule has 0 aliphatic carbocycles. The van der Waals surface area contributed by atoms with Crippen LogP contribution in [0.25, 0.3) is 16.8 Å². The second-order valence-corrected chi connectivity index (χ2v) is 4.99. The molecule has 3 rings (SSSR count). The van der Waals surface area contributed by atoms with Gasteiger partial charge in [-0.15, -0.1) is 0 Å².